The highest BCUT2D eigenvalue weighted by Crippen LogP contribution is 2.29. The van der Waals surface area contributed by atoms with E-state index in [9.17, 15) is 4.39 Å². The molecule has 3 nitrogen and oxygen atoms in total. The van der Waals surface area contributed by atoms with Gasteiger partial charge in [0.25, 0.3) is 0 Å². The van der Waals surface area contributed by atoms with E-state index in [1.54, 1.807) is 17.0 Å². The number of guanidine groups is 1. The molecule has 0 saturated carbocycles. The molecule has 5 heteroatoms. The smallest absolute Gasteiger partial charge is 0.196 e. The number of halogens is 2. The van der Waals surface area contributed by atoms with Gasteiger partial charge in [0.1, 0.15) is 5.82 Å². The van der Waals surface area contributed by atoms with Crippen molar-refractivity contribution >= 4 is 27.6 Å². The zero-order valence-electron chi connectivity index (χ0n) is 7.37. The molecule has 14 heavy (non-hydrogen) atoms. The van der Waals surface area contributed by atoms with E-state index >= 15 is 0 Å². The van der Waals surface area contributed by atoms with Crippen LogP contribution in [0, 0.1) is 5.82 Å². The van der Waals surface area contributed by atoms with Crippen LogP contribution in [0.1, 0.15) is 0 Å². The second kappa shape index (κ2) is 3.57. The lowest BCUT2D eigenvalue weighted by Crippen LogP contribution is -2.34. The van der Waals surface area contributed by atoms with E-state index in [0.717, 1.165) is 0 Å². The van der Waals surface area contributed by atoms with Crippen molar-refractivity contribution in [3.05, 3.63) is 28.5 Å². The van der Waals surface area contributed by atoms with Crippen LogP contribution in [-0.4, -0.2) is 19.0 Å². The largest absolute Gasteiger partial charge is 0.370 e. The summed E-state index contributed by atoms with van der Waals surface area (Å²) in [4.78, 5) is 5.68. The molecule has 0 fully saturated rings. The zero-order valence-corrected chi connectivity index (χ0v) is 8.96. The maximum atomic E-state index is 13.5. The Labute approximate surface area is 89.5 Å². The van der Waals surface area contributed by atoms with Gasteiger partial charge in [0.2, 0.25) is 0 Å². The van der Waals surface area contributed by atoms with Crippen LogP contribution in [0.5, 0.6) is 0 Å². The van der Waals surface area contributed by atoms with Gasteiger partial charge >= 0.3 is 0 Å². The number of rotatable bonds is 1. The van der Waals surface area contributed by atoms with Gasteiger partial charge < -0.3 is 10.6 Å². The van der Waals surface area contributed by atoms with Gasteiger partial charge in [-0.1, -0.05) is 6.07 Å². The molecular formula is C9H9BrFN3. The molecule has 0 saturated heterocycles. The molecule has 0 aromatic heterocycles. The normalized spacial score (nSPS) is 15.9. The first-order valence-corrected chi connectivity index (χ1v) is 5.01. The fraction of sp³-hybridized carbons (Fsp3) is 0.222. The van der Waals surface area contributed by atoms with Gasteiger partial charge in [-0.25, -0.2) is 4.39 Å². The fourth-order valence-electron chi connectivity index (χ4n) is 1.44. The number of aliphatic imine (C=N–C) groups is 1. The van der Waals surface area contributed by atoms with Gasteiger partial charge in [0.15, 0.2) is 5.96 Å². The van der Waals surface area contributed by atoms with E-state index in [4.69, 9.17) is 5.73 Å². The summed E-state index contributed by atoms with van der Waals surface area (Å²) in [5, 5.41) is 0. The van der Waals surface area contributed by atoms with E-state index in [1.807, 2.05) is 0 Å². The Hall–Kier alpha value is -1.10. The predicted octanol–water partition coefficient (Wildman–Crippen LogP) is 1.72. The monoisotopic (exact) mass is 257 g/mol. The molecule has 1 aliphatic heterocycles. The second-order valence-corrected chi connectivity index (χ2v) is 3.82. The first-order valence-electron chi connectivity index (χ1n) is 4.21. The average molecular weight is 258 g/mol. The first kappa shape index (κ1) is 9.45. The highest BCUT2D eigenvalue weighted by Gasteiger charge is 2.20. The molecule has 2 rings (SSSR count). The Morgan fingerprint density at radius 1 is 1.50 bits per heavy atom. The van der Waals surface area contributed by atoms with Crippen molar-refractivity contribution < 1.29 is 4.39 Å². The lowest BCUT2D eigenvalue weighted by atomic mass is 10.3. The van der Waals surface area contributed by atoms with Crippen LogP contribution >= 0.6 is 15.9 Å². The lowest BCUT2D eigenvalue weighted by molar-refractivity contribution is 0.626. The third-order valence-corrected chi connectivity index (χ3v) is 2.72. The summed E-state index contributed by atoms with van der Waals surface area (Å²) in [7, 11) is 0. The van der Waals surface area contributed by atoms with E-state index in [2.05, 4.69) is 20.9 Å². The molecule has 0 radical (unpaired) electrons. The minimum atomic E-state index is -0.292. The predicted molar refractivity (Wildman–Crippen MR) is 57.9 cm³/mol. The summed E-state index contributed by atoms with van der Waals surface area (Å²) in [6.45, 7) is 1.25. The highest BCUT2D eigenvalue weighted by atomic mass is 79.9. The molecule has 1 heterocycles. The quantitative estimate of drug-likeness (QED) is 0.833. The van der Waals surface area contributed by atoms with Crippen LogP contribution in [0.15, 0.2) is 27.7 Å². The molecule has 2 N–H and O–H groups in total. The Morgan fingerprint density at radius 2 is 2.29 bits per heavy atom. The molecule has 74 valence electrons. The standard InChI is InChI=1S/C9H9BrFN3/c10-6-2-1-3-7(11)8(6)14-5-4-13-9(14)12/h1-3H,4-5H2,(H2,12,13). The van der Waals surface area contributed by atoms with Crippen LogP contribution < -0.4 is 10.6 Å². The van der Waals surface area contributed by atoms with Gasteiger partial charge in [0.05, 0.1) is 12.2 Å². The molecule has 1 aromatic carbocycles. The van der Waals surface area contributed by atoms with Crippen LogP contribution in [0.25, 0.3) is 0 Å². The number of para-hydroxylation sites is 1. The topological polar surface area (TPSA) is 41.6 Å². The lowest BCUT2D eigenvalue weighted by Gasteiger charge is -2.19. The molecule has 0 unspecified atom stereocenters. The van der Waals surface area contributed by atoms with E-state index in [0.29, 0.717) is 29.2 Å². The van der Waals surface area contributed by atoms with E-state index < -0.39 is 0 Å². The molecule has 0 atom stereocenters. The maximum absolute atomic E-state index is 13.5. The van der Waals surface area contributed by atoms with E-state index in [1.165, 1.54) is 6.07 Å². The number of anilines is 1. The first-order chi connectivity index (χ1) is 6.70. The Balaban J connectivity index is 2.46. The second-order valence-electron chi connectivity index (χ2n) is 2.96. The van der Waals surface area contributed by atoms with Crippen LogP contribution in [0.4, 0.5) is 10.1 Å². The summed E-state index contributed by atoms with van der Waals surface area (Å²) >= 11 is 3.29. The Bertz CT molecular complexity index is 371. The number of nitrogens with two attached hydrogens (primary N) is 1. The van der Waals surface area contributed by atoms with Gasteiger partial charge in [-0.15, -0.1) is 0 Å². The summed E-state index contributed by atoms with van der Waals surface area (Å²) in [6, 6.07) is 4.84. The van der Waals surface area contributed by atoms with Crippen LogP contribution in [0.3, 0.4) is 0 Å². The molecule has 0 bridgehead atoms. The Morgan fingerprint density at radius 3 is 2.86 bits per heavy atom. The molecular weight excluding hydrogens is 249 g/mol. The van der Waals surface area contributed by atoms with Crippen molar-refractivity contribution in [3.63, 3.8) is 0 Å². The number of nitrogens with zero attached hydrogens (tertiary/aromatic N) is 2. The van der Waals surface area contributed by atoms with Crippen molar-refractivity contribution in [1.29, 1.82) is 0 Å². The summed E-state index contributed by atoms with van der Waals surface area (Å²) < 4.78 is 14.2. The molecule has 1 aliphatic rings. The molecule has 0 aliphatic carbocycles. The molecule has 0 amide bonds. The number of benzene rings is 1. The van der Waals surface area contributed by atoms with Crippen LogP contribution in [0.2, 0.25) is 0 Å². The summed E-state index contributed by atoms with van der Waals surface area (Å²) in [6.07, 6.45) is 0. The fourth-order valence-corrected chi connectivity index (χ4v) is 1.99. The average Bonchev–Trinajstić information content (AvgIpc) is 2.52. The SMILES string of the molecule is NC1=NCCN1c1c(F)cccc1Br. The minimum Gasteiger partial charge on any atom is -0.370 e. The van der Waals surface area contributed by atoms with Gasteiger partial charge in [-0.05, 0) is 28.1 Å². The third-order valence-electron chi connectivity index (χ3n) is 2.08. The Kier molecular flexibility index (Phi) is 2.41. The minimum absolute atomic E-state index is 0.292. The zero-order chi connectivity index (χ0) is 10.1. The van der Waals surface area contributed by atoms with Crippen molar-refractivity contribution in [2.24, 2.45) is 10.7 Å². The summed E-state index contributed by atoms with van der Waals surface area (Å²) in [5.41, 5.74) is 6.10. The van der Waals surface area contributed by atoms with Gasteiger partial charge in [-0.3, -0.25) is 4.99 Å². The maximum Gasteiger partial charge on any atom is 0.196 e. The van der Waals surface area contributed by atoms with Crippen molar-refractivity contribution in [2.45, 2.75) is 0 Å². The molecule has 1 aromatic rings. The number of hydrogen-bond acceptors (Lipinski definition) is 3. The number of hydrogen-bond donors (Lipinski definition) is 1. The van der Waals surface area contributed by atoms with Gasteiger partial charge in [-0.2, -0.15) is 0 Å². The van der Waals surface area contributed by atoms with Crippen molar-refractivity contribution in [1.82, 2.24) is 0 Å². The molecule has 0 spiro atoms. The van der Waals surface area contributed by atoms with Crippen LogP contribution in [-0.2, 0) is 0 Å². The highest BCUT2D eigenvalue weighted by molar-refractivity contribution is 9.10. The summed E-state index contributed by atoms with van der Waals surface area (Å²) in [5.74, 6) is 0.0789. The van der Waals surface area contributed by atoms with Gasteiger partial charge in [0, 0.05) is 11.0 Å². The van der Waals surface area contributed by atoms with E-state index in [-0.39, 0.29) is 5.82 Å². The third kappa shape index (κ3) is 1.48. The van der Waals surface area contributed by atoms with Crippen molar-refractivity contribution in [2.75, 3.05) is 18.0 Å². The van der Waals surface area contributed by atoms with Crippen molar-refractivity contribution in [3.8, 4) is 0 Å².